The van der Waals surface area contributed by atoms with E-state index in [4.69, 9.17) is 10.5 Å². The zero-order chi connectivity index (χ0) is 15.7. The number of ether oxygens (including phenoxy) is 1. The van der Waals surface area contributed by atoms with Crippen LogP contribution in [-0.2, 0) is 4.74 Å². The van der Waals surface area contributed by atoms with Crippen LogP contribution in [0.4, 0.5) is 0 Å². The summed E-state index contributed by atoms with van der Waals surface area (Å²) in [6.07, 6.45) is 6.26. The van der Waals surface area contributed by atoms with Gasteiger partial charge in [0.15, 0.2) is 0 Å². The van der Waals surface area contributed by atoms with Crippen molar-refractivity contribution in [2.24, 2.45) is 28.9 Å². The van der Waals surface area contributed by atoms with E-state index in [1.165, 1.54) is 12.8 Å². The van der Waals surface area contributed by atoms with Crippen LogP contribution in [0.15, 0.2) is 0 Å². The van der Waals surface area contributed by atoms with E-state index >= 15 is 0 Å². The van der Waals surface area contributed by atoms with Gasteiger partial charge in [-0.15, -0.1) is 0 Å². The summed E-state index contributed by atoms with van der Waals surface area (Å²) in [6.45, 7) is 10.3. The summed E-state index contributed by atoms with van der Waals surface area (Å²) in [6, 6.07) is 0. The van der Waals surface area contributed by atoms with Gasteiger partial charge in [-0.05, 0) is 43.4 Å². The molecule has 1 aliphatic heterocycles. The fourth-order valence-corrected chi connectivity index (χ4v) is 4.50. The second kappa shape index (κ2) is 6.55. The molecule has 1 saturated heterocycles. The third-order valence-corrected chi connectivity index (χ3v) is 6.44. The number of nitrogens with two attached hydrogens (primary N) is 1. The Bertz CT molecular complexity index is 334. The van der Waals surface area contributed by atoms with E-state index in [9.17, 15) is 5.11 Å². The minimum Gasteiger partial charge on any atom is -0.389 e. The molecule has 124 valence electrons. The Morgan fingerprint density at radius 2 is 1.71 bits per heavy atom. The molecule has 2 unspecified atom stereocenters. The smallest absolute Gasteiger partial charge is 0.0762 e. The lowest BCUT2D eigenvalue weighted by molar-refractivity contribution is -0.186. The van der Waals surface area contributed by atoms with Gasteiger partial charge in [-0.25, -0.2) is 0 Å². The Kier molecular flexibility index (Phi) is 5.38. The highest BCUT2D eigenvalue weighted by atomic mass is 16.5. The van der Waals surface area contributed by atoms with Gasteiger partial charge >= 0.3 is 0 Å². The first kappa shape index (κ1) is 17.2. The first-order valence-electron chi connectivity index (χ1n) is 8.87. The molecule has 3 heteroatoms. The van der Waals surface area contributed by atoms with E-state index in [0.717, 1.165) is 37.5 Å². The van der Waals surface area contributed by atoms with Crippen molar-refractivity contribution in [2.45, 2.75) is 77.9 Å². The van der Waals surface area contributed by atoms with Gasteiger partial charge in [-0.3, -0.25) is 0 Å². The molecule has 1 saturated carbocycles. The van der Waals surface area contributed by atoms with Gasteiger partial charge in [0.1, 0.15) is 0 Å². The summed E-state index contributed by atoms with van der Waals surface area (Å²) < 4.78 is 5.87. The summed E-state index contributed by atoms with van der Waals surface area (Å²) in [5.74, 6) is 2.00. The Morgan fingerprint density at radius 3 is 2.19 bits per heavy atom. The molecule has 21 heavy (non-hydrogen) atoms. The third-order valence-electron chi connectivity index (χ3n) is 6.44. The highest BCUT2D eigenvalue weighted by molar-refractivity contribution is 5.04. The molecular weight excluding hydrogens is 262 g/mol. The van der Waals surface area contributed by atoms with Crippen molar-refractivity contribution in [1.82, 2.24) is 0 Å². The predicted molar refractivity (Wildman–Crippen MR) is 87.0 cm³/mol. The average molecular weight is 297 g/mol. The summed E-state index contributed by atoms with van der Waals surface area (Å²) in [5.41, 5.74) is 5.48. The summed E-state index contributed by atoms with van der Waals surface area (Å²) in [5, 5.41) is 11.4. The maximum atomic E-state index is 11.4. The second-order valence-electron chi connectivity index (χ2n) is 8.20. The maximum Gasteiger partial charge on any atom is 0.0762 e. The van der Waals surface area contributed by atoms with E-state index in [-0.39, 0.29) is 11.5 Å². The monoisotopic (exact) mass is 297 g/mol. The van der Waals surface area contributed by atoms with Crippen molar-refractivity contribution in [1.29, 1.82) is 0 Å². The van der Waals surface area contributed by atoms with Crippen LogP contribution < -0.4 is 5.73 Å². The molecular formula is C18H35NO2. The molecule has 3 nitrogen and oxygen atoms in total. The predicted octanol–water partition coefficient (Wildman–Crippen LogP) is 3.34. The molecule has 1 heterocycles. The Labute approximate surface area is 130 Å². The van der Waals surface area contributed by atoms with Gasteiger partial charge in [0.05, 0.1) is 11.7 Å². The lowest BCUT2D eigenvalue weighted by Gasteiger charge is -2.54. The number of hydrogen-bond donors (Lipinski definition) is 2. The van der Waals surface area contributed by atoms with Crippen molar-refractivity contribution in [3.05, 3.63) is 0 Å². The van der Waals surface area contributed by atoms with Crippen LogP contribution in [0.2, 0.25) is 0 Å². The van der Waals surface area contributed by atoms with E-state index < -0.39 is 5.60 Å². The lowest BCUT2D eigenvalue weighted by atomic mass is 9.57. The summed E-state index contributed by atoms with van der Waals surface area (Å²) in [7, 11) is 0. The van der Waals surface area contributed by atoms with Crippen molar-refractivity contribution in [3.8, 4) is 0 Å². The molecule has 2 aliphatic rings. The highest BCUT2D eigenvalue weighted by Gasteiger charge is 2.53. The average Bonchev–Trinajstić information content (AvgIpc) is 2.47. The van der Waals surface area contributed by atoms with E-state index in [1.807, 2.05) is 0 Å². The highest BCUT2D eigenvalue weighted by Crippen LogP contribution is 2.52. The summed E-state index contributed by atoms with van der Waals surface area (Å²) >= 11 is 0. The van der Waals surface area contributed by atoms with Crippen molar-refractivity contribution in [3.63, 3.8) is 0 Å². The number of hydrogen-bond acceptors (Lipinski definition) is 3. The van der Waals surface area contributed by atoms with Crippen molar-refractivity contribution >= 4 is 0 Å². The fraction of sp³-hybridized carbons (Fsp3) is 1.00. The number of aliphatic hydroxyl groups is 1. The second-order valence-corrected chi connectivity index (χ2v) is 8.20. The largest absolute Gasteiger partial charge is 0.389 e. The van der Waals surface area contributed by atoms with Crippen molar-refractivity contribution < 1.29 is 9.84 Å². The maximum absolute atomic E-state index is 11.4. The third kappa shape index (κ3) is 3.30. The van der Waals surface area contributed by atoms with Crippen LogP contribution in [0.5, 0.6) is 0 Å². The van der Waals surface area contributed by atoms with Crippen molar-refractivity contribution in [2.75, 3.05) is 13.2 Å². The molecule has 2 fully saturated rings. The molecule has 0 amide bonds. The normalized spacial score (nSPS) is 41.7. The molecule has 0 aromatic rings. The first-order chi connectivity index (χ1) is 9.83. The molecule has 3 N–H and O–H groups in total. The molecule has 2 rings (SSSR count). The lowest BCUT2D eigenvalue weighted by Crippen LogP contribution is -2.59. The first-order valence-corrected chi connectivity index (χ1v) is 8.87. The van der Waals surface area contributed by atoms with Gasteiger partial charge in [-0.2, -0.15) is 0 Å². The van der Waals surface area contributed by atoms with Crippen LogP contribution in [0.25, 0.3) is 0 Å². The molecule has 0 aromatic carbocycles. The zero-order valence-electron chi connectivity index (χ0n) is 14.4. The Hall–Kier alpha value is -0.120. The van der Waals surface area contributed by atoms with Crippen LogP contribution in [-0.4, -0.2) is 30.0 Å². The van der Waals surface area contributed by atoms with Gasteiger partial charge in [-0.1, -0.05) is 27.7 Å². The van der Waals surface area contributed by atoms with Crippen LogP contribution >= 0.6 is 0 Å². The van der Waals surface area contributed by atoms with Gasteiger partial charge in [0, 0.05) is 31.4 Å². The minimum atomic E-state index is -0.628. The Morgan fingerprint density at radius 1 is 1.10 bits per heavy atom. The minimum absolute atomic E-state index is 0.0880. The van der Waals surface area contributed by atoms with Crippen LogP contribution in [0.3, 0.4) is 0 Å². The Balaban J connectivity index is 2.12. The fourth-order valence-electron chi connectivity index (χ4n) is 4.50. The van der Waals surface area contributed by atoms with E-state index in [1.54, 1.807) is 0 Å². The number of rotatable bonds is 4. The standard InChI is InChI=1S/C18H35NO2/c1-13(2)15-5-7-17(12-19,8-6-15)18(20)9-10-21-16(11-18)14(3)4/h13-16,20H,5-12,19H2,1-4H3. The topological polar surface area (TPSA) is 55.5 Å². The van der Waals surface area contributed by atoms with Crippen LogP contribution in [0, 0.1) is 23.2 Å². The molecule has 0 aromatic heterocycles. The quantitative estimate of drug-likeness (QED) is 0.836. The molecule has 0 bridgehead atoms. The summed E-state index contributed by atoms with van der Waals surface area (Å²) in [4.78, 5) is 0. The SMILES string of the molecule is CC(C)C1CCC(CN)(C2(O)CCOC(C(C)C)C2)CC1. The van der Waals surface area contributed by atoms with E-state index in [0.29, 0.717) is 19.1 Å². The van der Waals surface area contributed by atoms with E-state index in [2.05, 4.69) is 27.7 Å². The molecule has 1 aliphatic carbocycles. The zero-order valence-corrected chi connectivity index (χ0v) is 14.4. The molecule has 2 atom stereocenters. The van der Waals surface area contributed by atoms with Gasteiger partial charge < -0.3 is 15.6 Å². The molecule has 0 radical (unpaired) electrons. The van der Waals surface area contributed by atoms with Gasteiger partial charge in [0.2, 0.25) is 0 Å². The van der Waals surface area contributed by atoms with Gasteiger partial charge in [0.25, 0.3) is 0 Å². The molecule has 0 spiro atoms. The van der Waals surface area contributed by atoms with Crippen LogP contribution in [0.1, 0.15) is 66.2 Å².